The largest absolute Gasteiger partial charge is 0.380 e. The molecule has 2 aromatic carbocycles. The quantitative estimate of drug-likeness (QED) is 0.839. The Labute approximate surface area is 151 Å². The van der Waals surface area contributed by atoms with Crippen molar-refractivity contribution in [1.82, 2.24) is 0 Å². The van der Waals surface area contributed by atoms with Crippen LogP contribution >= 0.6 is 11.6 Å². The highest BCUT2D eigenvalue weighted by Gasteiger charge is 2.16. The maximum Gasteiger partial charge on any atom is 0.250 e. The van der Waals surface area contributed by atoms with Gasteiger partial charge in [-0.25, -0.2) is 4.39 Å². The zero-order chi connectivity index (χ0) is 17.8. The molecule has 132 valence electrons. The molecule has 0 atom stereocenters. The number of nitrogens with one attached hydrogen (secondary N) is 1. The van der Waals surface area contributed by atoms with Crippen LogP contribution in [0.15, 0.2) is 36.4 Å². The van der Waals surface area contributed by atoms with E-state index in [1.165, 1.54) is 12.5 Å². The third-order valence-corrected chi connectivity index (χ3v) is 4.86. The Morgan fingerprint density at radius 1 is 1.20 bits per heavy atom. The highest BCUT2D eigenvalue weighted by atomic mass is 35.5. The number of nitrogens with zero attached hydrogens (tertiary/aromatic N) is 1. The summed E-state index contributed by atoms with van der Waals surface area (Å²) in [7, 11) is 0. The second-order valence-electron chi connectivity index (χ2n) is 6.20. The Balaban J connectivity index is 1.82. The van der Waals surface area contributed by atoms with Gasteiger partial charge in [0.2, 0.25) is 0 Å². The van der Waals surface area contributed by atoms with Gasteiger partial charge in [-0.3, -0.25) is 4.79 Å². The summed E-state index contributed by atoms with van der Waals surface area (Å²) in [6.07, 6.45) is 3.54. The number of carbonyl (C=O) groups is 1. The molecule has 0 aromatic heterocycles. The molecule has 0 saturated carbocycles. The first kappa shape index (κ1) is 17.5. The van der Waals surface area contributed by atoms with Crippen LogP contribution in [0.2, 0.25) is 5.02 Å². The van der Waals surface area contributed by atoms with Crippen molar-refractivity contribution >= 4 is 28.9 Å². The lowest BCUT2D eigenvalue weighted by atomic mass is 10.1. The minimum absolute atomic E-state index is 0.175. The first-order valence-corrected chi connectivity index (χ1v) is 8.79. The Morgan fingerprint density at radius 2 is 1.96 bits per heavy atom. The van der Waals surface area contributed by atoms with Crippen molar-refractivity contribution in [3.05, 3.63) is 58.4 Å². The standard InChI is InChI=1S/C19H21ClFN3O/c20-16-5-4-6-17(21)15(16)12-23-18-8-7-13(11-14(18)19(22)25)24-9-2-1-3-10-24/h4-8,11,23H,1-3,9-10,12H2,(H2,22,25). The Bertz CT molecular complexity index is 755. The molecule has 3 N–H and O–H groups in total. The smallest absolute Gasteiger partial charge is 0.250 e. The third kappa shape index (κ3) is 4.04. The molecule has 4 nitrogen and oxygen atoms in total. The number of carbonyl (C=O) groups excluding carboxylic acids is 1. The van der Waals surface area contributed by atoms with E-state index in [1.807, 2.05) is 12.1 Å². The van der Waals surface area contributed by atoms with E-state index in [1.54, 1.807) is 18.2 Å². The van der Waals surface area contributed by atoms with Crippen LogP contribution in [0.4, 0.5) is 15.8 Å². The average molecular weight is 362 g/mol. The van der Waals surface area contributed by atoms with Crippen molar-refractivity contribution in [2.45, 2.75) is 25.8 Å². The van der Waals surface area contributed by atoms with E-state index < -0.39 is 5.91 Å². The molecule has 2 aromatic rings. The molecule has 6 heteroatoms. The van der Waals surface area contributed by atoms with Crippen LogP contribution < -0.4 is 16.0 Å². The van der Waals surface area contributed by atoms with Gasteiger partial charge in [0.15, 0.2) is 0 Å². The number of hydrogen-bond acceptors (Lipinski definition) is 3. The van der Waals surface area contributed by atoms with E-state index in [0.29, 0.717) is 21.8 Å². The average Bonchev–Trinajstić information content (AvgIpc) is 2.62. The molecule has 1 fully saturated rings. The summed E-state index contributed by atoms with van der Waals surface area (Å²) in [5, 5.41) is 3.42. The molecule has 1 aliphatic heterocycles. The number of nitrogens with two attached hydrogens (primary N) is 1. The van der Waals surface area contributed by atoms with Crippen LogP contribution in [-0.2, 0) is 6.54 Å². The van der Waals surface area contributed by atoms with Crippen molar-refractivity contribution in [1.29, 1.82) is 0 Å². The number of anilines is 2. The van der Waals surface area contributed by atoms with E-state index >= 15 is 0 Å². The van der Waals surface area contributed by atoms with Gasteiger partial charge >= 0.3 is 0 Å². The van der Waals surface area contributed by atoms with E-state index in [4.69, 9.17) is 17.3 Å². The normalized spacial score (nSPS) is 14.4. The van der Waals surface area contributed by atoms with Gasteiger partial charge < -0.3 is 16.0 Å². The molecule has 0 aliphatic carbocycles. The second-order valence-corrected chi connectivity index (χ2v) is 6.60. The summed E-state index contributed by atoms with van der Waals surface area (Å²) in [5.41, 5.74) is 7.87. The monoisotopic (exact) mass is 361 g/mol. The van der Waals surface area contributed by atoms with Gasteiger partial charge in [0, 0.05) is 41.6 Å². The molecule has 1 aliphatic rings. The van der Waals surface area contributed by atoms with Crippen molar-refractivity contribution in [3.8, 4) is 0 Å². The maximum atomic E-state index is 13.9. The summed E-state index contributed by atoms with van der Waals surface area (Å²) in [6.45, 7) is 2.14. The van der Waals surface area contributed by atoms with E-state index in [9.17, 15) is 9.18 Å². The molecule has 25 heavy (non-hydrogen) atoms. The zero-order valence-electron chi connectivity index (χ0n) is 13.9. The minimum Gasteiger partial charge on any atom is -0.380 e. The number of benzene rings is 2. The molecular weight excluding hydrogens is 341 g/mol. The first-order valence-electron chi connectivity index (χ1n) is 8.42. The summed E-state index contributed by atoms with van der Waals surface area (Å²) in [6, 6.07) is 10.1. The number of rotatable bonds is 5. The van der Waals surface area contributed by atoms with Crippen LogP contribution in [0.25, 0.3) is 0 Å². The fraction of sp³-hybridized carbons (Fsp3) is 0.316. The number of primary amides is 1. The highest BCUT2D eigenvalue weighted by molar-refractivity contribution is 6.31. The van der Waals surface area contributed by atoms with Gasteiger partial charge in [-0.15, -0.1) is 0 Å². The van der Waals surface area contributed by atoms with Crippen LogP contribution in [0.5, 0.6) is 0 Å². The van der Waals surface area contributed by atoms with Crippen molar-refractivity contribution in [3.63, 3.8) is 0 Å². The predicted octanol–water partition coefficient (Wildman–Crippen LogP) is 4.18. The molecule has 1 heterocycles. The van der Waals surface area contributed by atoms with Crippen molar-refractivity contribution in [2.75, 3.05) is 23.3 Å². The zero-order valence-corrected chi connectivity index (χ0v) is 14.7. The SMILES string of the molecule is NC(=O)c1cc(N2CCCCC2)ccc1NCc1c(F)cccc1Cl. The van der Waals surface area contributed by atoms with Gasteiger partial charge in [-0.2, -0.15) is 0 Å². The molecule has 0 radical (unpaired) electrons. The lowest BCUT2D eigenvalue weighted by molar-refractivity contribution is 0.100. The van der Waals surface area contributed by atoms with Gasteiger partial charge in [0.1, 0.15) is 5.82 Å². The van der Waals surface area contributed by atoms with Crippen LogP contribution in [0, 0.1) is 5.82 Å². The molecule has 1 amide bonds. The van der Waals surface area contributed by atoms with E-state index in [0.717, 1.165) is 31.6 Å². The first-order chi connectivity index (χ1) is 12.1. The number of hydrogen-bond donors (Lipinski definition) is 2. The molecular formula is C19H21ClFN3O. The Hall–Kier alpha value is -2.27. The Morgan fingerprint density at radius 3 is 2.64 bits per heavy atom. The summed E-state index contributed by atoms with van der Waals surface area (Å²) < 4.78 is 13.9. The van der Waals surface area contributed by atoms with Crippen molar-refractivity contribution in [2.24, 2.45) is 5.73 Å². The Kier molecular flexibility index (Phi) is 5.43. The maximum absolute atomic E-state index is 13.9. The predicted molar refractivity (Wildman–Crippen MR) is 99.8 cm³/mol. The van der Waals surface area contributed by atoms with Crippen LogP contribution in [0.1, 0.15) is 35.2 Å². The minimum atomic E-state index is -0.513. The van der Waals surface area contributed by atoms with Gasteiger partial charge in [0.05, 0.1) is 5.56 Å². The topological polar surface area (TPSA) is 58.4 Å². The van der Waals surface area contributed by atoms with Gasteiger partial charge in [0.25, 0.3) is 5.91 Å². The second kappa shape index (κ2) is 7.74. The van der Waals surface area contributed by atoms with Gasteiger partial charge in [-0.1, -0.05) is 17.7 Å². The summed E-state index contributed by atoms with van der Waals surface area (Å²) in [5.74, 6) is -0.897. The molecule has 0 unspecified atom stereocenters. The highest BCUT2D eigenvalue weighted by Crippen LogP contribution is 2.27. The third-order valence-electron chi connectivity index (χ3n) is 4.51. The molecule has 0 bridgehead atoms. The fourth-order valence-corrected chi connectivity index (χ4v) is 3.35. The van der Waals surface area contributed by atoms with E-state index in [2.05, 4.69) is 10.2 Å². The number of amides is 1. The summed E-state index contributed by atoms with van der Waals surface area (Å²) >= 11 is 6.05. The molecule has 0 spiro atoms. The number of halogens is 2. The van der Waals surface area contributed by atoms with Gasteiger partial charge in [-0.05, 0) is 49.6 Å². The number of piperidine rings is 1. The summed E-state index contributed by atoms with van der Waals surface area (Å²) in [4.78, 5) is 14.1. The van der Waals surface area contributed by atoms with Crippen LogP contribution in [-0.4, -0.2) is 19.0 Å². The van der Waals surface area contributed by atoms with E-state index in [-0.39, 0.29) is 12.4 Å². The van der Waals surface area contributed by atoms with Crippen LogP contribution in [0.3, 0.4) is 0 Å². The molecule has 1 saturated heterocycles. The lowest BCUT2D eigenvalue weighted by Crippen LogP contribution is -2.29. The lowest BCUT2D eigenvalue weighted by Gasteiger charge is -2.29. The molecule has 3 rings (SSSR count). The fourth-order valence-electron chi connectivity index (χ4n) is 3.12. The van der Waals surface area contributed by atoms with Crippen molar-refractivity contribution < 1.29 is 9.18 Å².